The standard InChI is InChI=1S/C24H20N2O2S2/c1-7-21(27-17-19-5-3-11-25-15-19)13-23(9-1)29-30-24-10-2-8-22(14-24)28-18-20-6-4-12-26-16-20/h1-16H,17-18H2. The van der Waals surface area contributed by atoms with Gasteiger partial charge in [-0.3, -0.25) is 9.97 Å². The molecule has 0 saturated heterocycles. The first-order valence-corrected chi connectivity index (χ1v) is 11.6. The lowest BCUT2D eigenvalue weighted by molar-refractivity contribution is 0.305. The zero-order valence-electron chi connectivity index (χ0n) is 16.2. The van der Waals surface area contributed by atoms with Crippen LogP contribution in [0.1, 0.15) is 11.1 Å². The lowest BCUT2D eigenvalue weighted by atomic mass is 10.3. The molecule has 0 unspecified atom stereocenters. The Kier molecular flexibility index (Phi) is 7.26. The van der Waals surface area contributed by atoms with Crippen LogP contribution in [0.5, 0.6) is 11.5 Å². The largest absolute Gasteiger partial charge is 0.489 e. The lowest BCUT2D eigenvalue weighted by Crippen LogP contribution is -1.95. The molecular weight excluding hydrogens is 412 g/mol. The Labute approximate surface area is 184 Å². The number of aromatic nitrogens is 2. The van der Waals surface area contributed by atoms with E-state index in [0.29, 0.717) is 13.2 Å². The van der Waals surface area contributed by atoms with Crippen molar-refractivity contribution >= 4 is 21.6 Å². The van der Waals surface area contributed by atoms with E-state index in [-0.39, 0.29) is 0 Å². The third-order valence-electron chi connectivity index (χ3n) is 4.10. The molecule has 0 spiro atoms. The predicted molar refractivity (Wildman–Crippen MR) is 122 cm³/mol. The van der Waals surface area contributed by atoms with Crippen LogP contribution in [0.3, 0.4) is 0 Å². The van der Waals surface area contributed by atoms with Gasteiger partial charge >= 0.3 is 0 Å². The Hall–Kier alpha value is -2.96. The molecule has 0 radical (unpaired) electrons. The number of hydrogen-bond donors (Lipinski definition) is 0. The summed E-state index contributed by atoms with van der Waals surface area (Å²) in [4.78, 5) is 10.5. The van der Waals surface area contributed by atoms with E-state index in [9.17, 15) is 0 Å². The molecule has 0 bridgehead atoms. The molecule has 0 amide bonds. The zero-order chi connectivity index (χ0) is 20.4. The number of rotatable bonds is 9. The lowest BCUT2D eigenvalue weighted by Gasteiger charge is -2.09. The molecule has 0 atom stereocenters. The van der Waals surface area contributed by atoms with Crippen molar-refractivity contribution in [2.24, 2.45) is 0 Å². The van der Waals surface area contributed by atoms with E-state index in [1.807, 2.05) is 60.9 Å². The molecule has 0 aliphatic carbocycles. The second-order valence-electron chi connectivity index (χ2n) is 6.42. The summed E-state index contributed by atoms with van der Waals surface area (Å²) in [6.45, 7) is 1.01. The topological polar surface area (TPSA) is 44.2 Å². The van der Waals surface area contributed by atoms with Gasteiger partial charge in [0, 0.05) is 45.7 Å². The Morgan fingerprint density at radius 3 is 1.53 bits per heavy atom. The molecular formula is C24H20N2O2S2. The van der Waals surface area contributed by atoms with Gasteiger partial charge < -0.3 is 9.47 Å². The summed E-state index contributed by atoms with van der Waals surface area (Å²) in [5, 5.41) is 0. The summed E-state index contributed by atoms with van der Waals surface area (Å²) in [7, 11) is 3.38. The number of benzene rings is 2. The first-order chi connectivity index (χ1) is 14.8. The van der Waals surface area contributed by atoms with Gasteiger partial charge in [-0.05, 0) is 48.5 Å². The quantitative estimate of drug-likeness (QED) is 0.284. The van der Waals surface area contributed by atoms with E-state index in [1.54, 1.807) is 34.0 Å². The van der Waals surface area contributed by atoms with Crippen LogP contribution in [0.15, 0.2) is 107 Å². The van der Waals surface area contributed by atoms with E-state index in [2.05, 4.69) is 34.2 Å². The van der Waals surface area contributed by atoms with Crippen LogP contribution in [-0.4, -0.2) is 9.97 Å². The summed E-state index contributed by atoms with van der Waals surface area (Å²) in [6, 6.07) is 24.1. The van der Waals surface area contributed by atoms with Gasteiger partial charge in [0.25, 0.3) is 0 Å². The SMILES string of the molecule is c1cncc(COc2cccc(SSc3cccc(OCc4cccnc4)c3)c2)c1. The number of nitrogens with zero attached hydrogens (tertiary/aromatic N) is 2. The van der Waals surface area contributed by atoms with E-state index in [1.165, 1.54) is 0 Å². The highest BCUT2D eigenvalue weighted by molar-refractivity contribution is 8.76. The summed E-state index contributed by atoms with van der Waals surface area (Å²) >= 11 is 0. The molecule has 0 N–H and O–H groups in total. The molecule has 2 aromatic carbocycles. The van der Waals surface area contributed by atoms with Gasteiger partial charge in [-0.25, -0.2) is 0 Å². The Bertz CT molecular complexity index is 976. The molecule has 30 heavy (non-hydrogen) atoms. The van der Waals surface area contributed by atoms with Crippen molar-refractivity contribution in [3.63, 3.8) is 0 Å². The van der Waals surface area contributed by atoms with Gasteiger partial charge in [-0.1, -0.05) is 45.9 Å². The third-order valence-corrected chi connectivity index (χ3v) is 6.48. The van der Waals surface area contributed by atoms with E-state index < -0.39 is 0 Å². The first kappa shape index (κ1) is 20.3. The van der Waals surface area contributed by atoms with Crippen LogP contribution in [0, 0.1) is 0 Å². The van der Waals surface area contributed by atoms with Crippen LogP contribution >= 0.6 is 21.6 Å². The summed E-state index contributed by atoms with van der Waals surface area (Å²) < 4.78 is 11.8. The highest BCUT2D eigenvalue weighted by Crippen LogP contribution is 2.39. The third kappa shape index (κ3) is 6.27. The second kappa shape index (κ2) is 10.7. The minimum Gasteiger partial charge on any atom is -0.489 e. The molecule has 2 heterocycles. The number of ether oxygens (including phenoxy) is 2. The fourth-order valence-corrected chi connectivity index (χ4v) is 4.62. The zero-order valence-corrected chi connectivity index (χ0v) is 17.8. The summed E-state index contributed by atoms with van der Waals surface area (Å²) in [5.74, 6) is 1.69. The van der Waals surface area contributed by atoms with Crippen molar-refractivity contribution in [2.45, 2.75) is 23.0 Å². The Morgan fingerprint density at radius 2 is 1.10 bits per heavy atom. The van der Waals surface area contributed by atoms with Gasteiger partial charge in [-0.2, -0.15) is 0 Å². The maximum atomic E-state index is 5.89. The van der Waals surface area contributed by atoms with Crippen molar-refractivity contribution in [1.29, 1.82) is 0 Å². The molecule has 0 aliphatic heterocycles. The van der Waals surface area contributed by atoms with Gasteiger partial charge in [0.1, 0.15) is 24.7 Å². The van der Waals surface area contributed by atoms with Gasteiger partial charge in [0.15, 0.2) is 0 Å². The number of hydrogen-bond acceptors (Lipinski definition) is 6. The minimum atomic E-state index is 0.505. The molecule has 4 rings (SSSR count). The van der Waals surface area contributed by atoms with E-state index >= 15 is 0 Å². The van der Waals surface area contributed by atoms with Crippen LogP contribution < -0.4 is 9.47 Å². The molecule has 4 nitrogen and oxygen atoms in total. The summed E-state index contributed by atoms with van der Waals surface area (Å²) in [6.07, 6.45) is 7.16. The highest BCUT2D eigenvalue weighted by Gasteiger charge is 2.03. The van der Waals surface area contributed by atoms with Crippen LogP contribution in [-0.2, 0) is 13.2 Å². The molecule has 150 valence electrons. The highest BCUT2D eigenvalue weighted by atomic mass is 33.1. The van der Waals surface area contributed by atoms with Crippen LogP contribution in [0.4, 0.5) is 0 Å². The van der Waals surface area contributed by atoms with Gasteiger partial charge in [-0.15, -0.1) is 0 Å². The maximum absolute atomic E-state index is 5.89. The first-order valence-electron chi connectivity index (χ1n) is 9.43. The molecule has 2 aromatic heterocycles. The van der Waals surface area contributed by atoms with Crippen LogP contribution in [0.25, 0.3) is 0 Å². The molecule has 0 saturated carbocycles. The predicted octanol–water partition coefficient (Wildman–Crippen LogP) is 6.43. The normalized spacial score (nSPS) is 10.5. The van der Waals surface area contributed by atoms with Gasteiger partial charge in [0.05, 0.1) is 0 Å². The van der Waals surface area contributed by atoms with Crippen molar-refractivity contribution in [3.8, 4) is 11.5 Å². The molecule has 0 fully saturated rings. The van der Waals surface area contributed by atoms with Crippen LogP contribution in [0.2, 0.25) is 0 Å². The number of pyridine rings is 2. The Balaban J connectivity index is 1.31. The maximum Gasteiger partial charge on any atom is 0.120 e. The summed E-state index contributed by atoms with van der Waals surface area (Å²) in [5.41, 5.74) is 2.10. The fraction of sp³-hybridized carbons (Fsp3) is 0.0833. The van der Waals surface area contributed by atoms with E-state index in [0.717, 1.165) is 32.4 Å². The van der Waals surface area contributed by atoms with Crippen molar-refractivity contribution < 1.29 is 9.47 Å². The Morgan fingerprint density at radius 1 is 0.600 bits per heavy atom. The molecule has 0 aliphatic rings. The molecule has 6 heteroatoms. The van der Waals surface area contributed by atoms with E-state index in [4.69, 9.17) is 9.47 Å². The van der Waals surface area contributed by atoms with Crippen molar-refractivity contribution in [2.75, 3.05) is 0 Å². The minimum absolute atomic E-state index is 0.505. The monoisotopic (exact) mass is 432 g/mol. The molecule has 4 aromatic rings. The van der Waals surface area contributed by atoms with Crippen molar-refractivity contribution in [3.05, 3.63) is 109 Å². The van der Waals surface area contributed by atoms with Crippen molar-refractivity contribution in [1.82, 2.24) is 9.97 Å². The second-order valence-corrected chi connectivity index (χ2v) is 8.69. The van der Waals surface area contributed by atoms with Gasteiger partial charge in [0.2, 0.25) is 0 Å². The fourth-order valence-electron chi connectivity index (χ4n) is 2.63. The smallest absolute Gasteiger partial charge is 0.120 e. The average molecular weight is 433 g/mol. The average Bonchev–Trinajstić information content (AvgIpc) is 2.82.